The summed E-state index contributed by atoms with van der Waals surface area (Å²) in [7, 11) is 1.84. The predicted octanol–water partition coefficient (Wildman–Crippen LogP) is 0.963. The Bertz CT molecular complexity index is 535. The molecule has 0 spiro atoms. The van der Waals surface area contributed by atoms with Gasteiger partial charge in [0, 0.05) is 11.9 Å². The molecule has 0 saturated carbocycles. The molecule has 1 aromatic heterocycles. The molecule has 0 bridgehead atoms. The van der Waals surface area contributed by atoms with Crippen LogP contribution in [0.3, 0.4) is 0 Å². The Kier molecular flexibility index (Phi) is 3.99. The van der Waals surface area contributed by atoms with E-state index in [-0.39, 0.29) is 5.91 Å². The monoisotopic (exact) mass is 262 g/mol. The van der Waals surface area contributed by atoms with Gasteiger partial charge in [-0.3, -0.25) is 4.79 Å². The van der Waals surface area contributed by atoms with E-state index in [2.05, 4.69) is 28.1 Å². The molecule has 1 amide bonds. The molecule has 0 aliphatic heterocycles. The number of rotatable bonds is 4. The van der Waals surface area contributed by atoms with Crippen molar-refractivity contribution in [3.63, 3.8) is 0 Å². The minimum atomic E-state index is -0.0371. The number of carbonyl (C=O) groups is 1. The molecule has 0 atom stereocenters. The van der Waals surface area contributed by atoms with Gasteiger partial charge in [0.15, 0.2) is 5.82 Å². The van der Waals surface area contributed by atoms with Gasteiger partial charge in [-0.05, 0) is 17.7 Å². The summed E-state index contributed by atoms with van der Waals surface area (Å²) in [5.74, 6) is 0.693. The Hall–Kier alpha value is -1.82. The second kappa shape index (κ2) is 5.68. The molecule has 0 unspecified atom stereocenters. The first-order valence-electron chi connectivity index (χ1n) is 5.52. The summed E-state index contributed by atoms with van der Waals surface area (Å²) in [6.07, 6.45) is 1.96. The maximum absolute atomic E-state index is 11.7. The third-order valence-electron chi connectivity index (χ3n) is 2.55. The molecule has 0 aliphatic rings. The Morgan fingerprint density at radius 1 is 1.39 bits per heavy atom. The fourth-order valence-electron chi connectivity index (χ4n) is 1.51. The zero-order chi connectivity index (χ0) is 13.0. The van der Waals surface area contributed by atoms with Crippen LogP contribution in [0, 0.1) is 0 Å². The van der Waals surface area contributed by atoms with E-state index in [1.165, 1.54) is 0 Å². The minimum Gasteiger partial charge on any atom is -0.349 e. The van der Waals surface area contributed by atoms with Crippen molar-refractivity contribution in [1.29, 1.82) is 0 Å². The van der Waals surface area contributed by atoms with Crippen molar-refractivity contribution >= 4 is 18.5 Å². The lowest BCUT2D eigenvalue weighted by atomic mass is 10.1. The number of nitrogens with zero attached hydrogens (tertiary/aromatic N) is 3. The molecule has 6 heteroatoms. The van der Waals surface area contributed by atoms with Crippen molar-refractivity contribution in [1.82, 2.24) is 20.1 Å². The van der Waals surface area contributed by atoms with Crippen LogP contribution in [0.1, 0.15) is 11.4 Å². The zero-order valence-corrected chi connectivity index (χ0v) is 10.9. The summed E-state index contributed by atoms with van der Waals surface area (Å²) in [6, 6.07) is 7.53. The van der Waals surface area contributed by atoms with E-state index in [4.69, 9.17) is 0 Å². The van der Waals surface area contributed by atoms with Crippen LogP contribution in [-0.2, 0) is 24.8 Å². The minimum absolute atomic E-state index is 0.0371. The van der Waals surface area contributed by atoms with Gasteiger partial charge in [-0.15, -0.1) is 22.8 Å². The number of hydrogen-bond donors (Lipinski definition) is 2. The van der Waals surface area contributed by atoms with Gasteiger partial charge in [-0.25, -0.2) is 0 Å². The Morgan fingerprint density at radius 2 is 2.11 bits per heavy atom. The summed E-state index contributed by atoms with van der Waals surface area (Å²) in [5.41, 5.74) is 0.961. The molecule has 1 N–H and O–H groups in total. The molecule has 0 radical (unpaired) electrons. The Balaban J connectivity index is 1.86. The molecule has 1 aromatic carbocycles. The molecule has 1 heterocycles. The van der Waals surface area contributed by atoms with Gasteiger partial charge in [-0.1, -0.05) is 12.1 Å². The quantitative estimate of drug-likeness (QED) is 0.807. The van der Waals surface area contributed by atoms with Crippen molar-refractivity contribution in [3.8, 4) is 0 Å². The Labute approximate surface area is 111 Å². The number of nitrogens with one attached hydrogen (secondary N) is 1. The van der Waals surface area contributed by atoms with Gasteiger partial charge in [-0.2, -0.15) is 0 Å². The van der Waals surface area contributed by atoms with E-state index in [1.54, 1.807) is 10.9 Å². The second-order valence-electron chi connectivity index (χ2n) is 3.98. The van der Waals surface area contributed by atoms with Gasteiger partial charge in [0.2, 0.25) is 5.91 Å². The Morgan fingerprint density at radius 3 is 2.72 bits per heavy atom. The normalized spacial score (nSPS) is 10.3. The molecule has 2 rings (SSSR count). The van der Waals surface area contributed by atoms with Crippen molar-refractivity contribution < 1.29 is 4.79 Å². The number of aromatic nitrogens is 3. The summed E-state index contributed by atoms with van der Waals surface area (Å²) in [6.45, 7) is 0.389. The maximum atomic E-state index is 11.7. The largest absolute Gasteiger partial charge is 0.349 e. The average molecular weight is 262 g/mol. The number of thiol groups is 1. The van der Waals surface area contributed by atoms with Crippen LogP contribution in [0.2, 0.25) is 0 Å². The molecule has 5 nitrogen and oxygen atoms in total. The van der Waals surface area contributed by atoms with Crippen molar-refractivity contribution in [2.24, 2.45) is 7.05 Å². The van der Waals surface area contributed by atoms with Gasteiger partial charge in [0.25, 0.3) is 0 Å². The van der Waals surface area contributed by atoms with E-state index < -0.39 is 0 Å². The first-order valence-corrected chi connectivity index (χ1v) is 5.97. The van der Waals surface area contributed by atoms with Crippen LogP contribution < -0.4 is 5.32 Å². The lowest BCUT2D eigenvalue weighted by Crippen LogP contribution is -2.25. The SMILES string of the molecule is Cn1cnnc1CNC(=O)Cc1ccc(S)cc1. The summed E-state index contributed by atoms with van der Waals surface area (Å²) in [4.78, 5) is 12.6. The van der Waals surface area contributed by atoms with E-state index in [0.29, 0.717) is 13.0 Å². The van der Waals surface area contributed by atoms with E-state index >= 15 is 0 Å². The molecule has 2 aromatic rings. The first kappa shape index (κ1) is 12.6. The van der Waals surface area contributed by atoms with Crippen LogP contribution in [-0.4, -0.2) is 20.7 Å². The van der Waals surface area contributed by atoms with Crippen LogP contribution in [0.25, 0.3) is 0 Å². The zero-order valence-electron chi connectivity index (χ0n) is 10.00. The highest BCUT2D eigenvalue weighted by molar-refractivity contribution is 7.80. The van der Waals surface area contributed by atoms with Crippen molar-refractivity contribution in [3.05, 3.63) is 42.0 Å². The van der Waals surface area contributed by atoms with Crippen LogP contribution in [0.5, 0.6) is 0 Å². The van der Waals surface area contributed by atoms with Gasteiger partial charge in [0.1, 0.15) is 6.33 Å². The highest BCUT2D eigenvalue weighted by atomic mass is 32.1. The standard InChI is InChI=1S/C12H14N4OS/c1-16-8-14-15-11(16)7-13-12(17)6-9-2-4-10(18)5-3-9/h2-5,8,18H,6-7H2,1H3,(H,13,17). The van der Waals surface area contributed by atoms with Crippen molar-refractivity contribution in [2.45, 2.75) is 17.9 Å². The van der Waals surface area contributed by atoms with Crippen LogP contribution in [0.15, 0.2) is 35.5 Å². The maximum Gasteiger partial charge on any atom is 0.224 e. The summed E-state index contributed by atoms with van der Waals surface area (Å²) < 4.78 is 1.77. The number of aryl methyl sites for hydroxylation is 1. The fourth-order valence-corrected chi connectivity index (χ4v) is 1.66. The highest BCUT2D eigenvalue weighted by Gasteiger charge is 2.05. The number of carbonyl (C=O) groups excluding carboxylic acids is 1. The topological polar surface area (TPSA) is 59.8 Å². The molecule has 18 heavy (non-hydrogen) atoms. The fraction of sp³-hybridized carbons (Fsp3) is 0.250. The third-order valence-corrected chi connectivity index (χ3v) is 2.85. The van der Waals surface area contributed by atoms with Gasteiger partial charge >= 0.3 is 0 Å². The van der Waals surface area contributed by atoms with E-state index in [9.17, 15) is 4.79 Å². The van der Waals surface area contributed by atoms with E-state index in [0.717, 1.165) is 16.3 Å². The lowest BCUT2D eigenvalue weighted by Gasteiger charge is -2.05. The smallest absolute Gasteiger partial charge is 0.224 e. The lowest BCUT2D eigenvalue weighted by molar-refractivity contribution is -0.120. The summed E-state index contributed by atoms with van der Waals surface area (Å²) >= 11 is 4.20. The molecule has 0 fully saturated rings. The second-order valence-corrected chi connectivity index (χ2v) is 4.49. The van der Waals surface area contributed by atoms with Crippen molar-refractivity contribution in [2.75, 3.05) is 0 Å². The molecular weight excluding hydrogens is 248 g/mol. The predicted molar refractivity (Wildman–Crippen MR) is 70.2 cm³/mol. The van der Waals surface area contributed by atoms with Crippen LogP contribution in [0.4, 0.5) is 0 Å². The average Bonchev–Trinajstić information content (AvgIpc) is 2.75. The molecule has 94 valence electrons. The molecular formula is C12H14N4OS. The number of benzene rings is 1. The van der Waals surface area contributed by atoms with Gasteiger partial charge < -0.3 is 9.88 Å². The van der Waals surface area contributed by atoms with Gasteiger partial charge in [0.05, 0.1) is 13.0 Å². The molecule has 0 aliphatic carbocycles. The summed E-state index contributed by atoms with van der Waals surface area (Å²) in [5, 5.41) is 10.4. The third kappa shape index (κ3) is 3.33. The first-order chi connectivity index (χ1) is 8.65. The van der Waals surface area contributed by atoms with E-state index in [1.807, 2.05) is 31.3 Å². The number of hydrogen-bond acceptors (Lipinski definition) is 4. The number of amides is 1. The molecule has 0 saturated heterocycles. The highest BCUT2D eigenvalue weighted by Crippen LogP contribution is 2.08. The van der Waals surface area contributed by atoms with Crippen LogP contribution >= 0.6 is 12.6 Å².